The fourth-order valence-electron chi connectivity index (χ4n) is 3.71. The van der Waals surface area contributed by atoms with Crippen LogP contribution in [0.3, 0.4) is 0 Å². The number of hydrogen-bond donors (Lipinski definition) is 2. The molecule has 1 heterocycles. The molecule has 4 rings (SSSR count). The molecule has 2 N–H and O–H groups in total. The second kappa shape index (κ2) is 6.75. The summed E-state index contributed by atoms with van der Waals surface area (Å²) in [5.41, 5.74) is 4.25. The van der Waals surface area contributed by atoms with Crippen molar-refractivity contribution in [2.75, 3.05) is 6.54 Å². The van der Waals surface area contributed by atoms with Gasteiger partial charge in [-0.2, -0.15) is 0 Å². The first kappa shape index (κ1) is 16.5. The summed E-state index contributed by atoms with van der Waals surface area (Å²) < 4.78 is 0. The fraction of sp³-hybridized carbons (Fsp3) is 0.286. The van der Waals surface area contributed by atoms with Crippen LogP contribution in [0.15, 0.2) is 48.5 Å². The van der Waals surface area contributed by atoms with Gasteiger partial charge in [-0.15, -0.1) is 0 Å². The van der Waals surface area contributed by atoms with E-state index in [1.165, 1.54) is 11.1 Å². The minimum absolute atomic E-state index is 0.0882. The molecule has 2 atom stereocenters. The molecule has 0 radical (unpaired) electrons. The van der Waals surface area contributed by atoms with Crippen molar-refractivity contribution in [2.24, 2.45) is 5.92 Å². The Balaban J connectivity index is 1.31. The van der Waals surface area contributed by atoms with Crippen molar-refractivity contribution in [2.45, 2.75) is 25.2 Å². The largest absolute Gasteiger partial charge is 0.351 e. The van der Waals surface area contributed by atoms with Gasteiger partial charge < -0.3 is 5.32 Å². The molecular formula is C21H20N2O3. The zero-order chi connectivity index (χ0) is 18.1. The summed E-state index contributed by atoms with van der Waals surface area (Å²) in [6.07, 6.45) is 1.76. The Morgan fingerprint density at radius 3 is 2.46 bits per heavy atom. The molecule has 26 heavy (non-hydrogen) atoms. The molecule has 5 heteroatoms. The molecule has 2 aromatic carbocycles. The van der Waals surface area contributed by atoms with Crippen molar-refractivity contribution in [1.29, 1.82) is 0 Å². The molecule has 0 spiro atoms. The molecule has 2 aromatic rings. The summed E-state index contributed by atoms with van der Waals surface area (Å²) in [6.45, 7) is 0.641. The number of benzene rings is 2. The fourth-order valence-corrected chi connectivity index (χ4v) is 3.71. The molecule has 3 amide bonds. The monoisotopic (exact) mass is 348 g/mol. The number of rotatable bonds is 5. The third-order valence-corrected chi connectivity index (χ3v) is 5.23. The predicted octanol–water partition coefficient (Wildman–Crippen LogP) is 1.96. The Bertz CT molecular complexity index is 873. The van der Waals surface area contributed by atoms with Crippen molar-refractivity contribution < 1.29 is 14.4 Å². The number of imide groups is 1. The van der Waals surface area contributed by atoms with Crippen molar-refractivity contribution in [3.63, 3.8) is 0 Å². The van der Waals surface area contributed by atoms with Gasteiger partial charge in [0.15, 0.2) is 0 Å². The summed E-state index contributed by atoms with van der Waals surface area (Å²) >= 11 is 0. The van der Waals surface area contributed by atoms with E-state index in [9.17, 15) is 14.4 Å². The van der Waals surface area contributed by atoms with Crippen LogP contribution in [-0.2, 0) is 22.4 Å². The van der Waals surface area contributed by atoms with E-state index in [2.05, 4.69) is 22.8 Å². The van der Waals surface area contributed by atoms with Crippen LogP contribution in [0.4, 0.5) is 0 Å². The molecule has 2 aliphatic rings. The van der Waals surface area contributed by atoms with Crippen molar-refractivity contribution in [3.05, 3.63) is 70.8 Å². The number of carbonyl (C=O) groups excluding carboxylic acids is 3. The van der Waals surface area contributed by atoms with Gasteiger partial charge in [-0.1, -0.05) is 36.4 Å². The molecule has 1 aliphatic heterocycles. The molecule has 132 valence electrons. The van der Waals surface area contributed by atoms with Crippen molar-refractivity contribution >= 4 is 17.7 Å². The van der Waals surface area contributed by atoms with Crippen LogP contribution in [0.5, 0.6) is 0 Å². The van der Waals surface area contributed by atoms with E-state index in [-0.39, 0.29) is 30.1 Å². The SMILES string of the molecule is O=C1C[C@@H](Cc2ccc(C(=O)NC[C@H]3Cc4ccccc43)cc2)C(=O)N1. The lowest BCUT2D eigenvalue weighted by molar-refractivity contribution is -0.125. The lowest BCUT2D eigenvalue weighted by Gasteiger charge is -2.30. The summed E-state index contributed by atoms with van der Waals surface area (Å²) in [6, 6.07) is 15.6. The van der Waals surface area contributed by atoms with E-state index in [0.29, 0.717) is 24.4 Å². The molecule has 1 fully saturated rings. The summed E-state index contributed by atoms with van der Waals surface area (Å²) in [5, 5.41) is 5.32. The maximum Gasteiger partial charge on any atom is 0.251 e. The van der Waals surface area contributed by atoms with Crippen LogP contribution in [0.25, 0.3) is 0 Å². The number of carbonyl (C=O) groups is 3. The Hall–Kier alpha value is -2.95. The summed E-state index contributed by atoms with van der Waals surface area (Å²) in [5.74, 6) is -0.422. The minimum atomic E-state index is -0.305. The third-order valence-electron chi connectivity index (χ3n) is 5.23. The van der Waals surface area contributed by atoms with Gasteiger partial charge in [0.05, 0.1) is 5.92 Å². The summed E-state index contributed by atoms with van der Waals surface area (Å²) in [7, 11) is 0. The highest BCUT2D eigenvalue weighted by molar-refractivity contribution is 6.03. The molecule has 1 aliphatic carbocycles. The number of amides is 3. The molecular weight excluding hydrogens is 328 g/mol. The first-order valence-electron chi connectivity index (χ1n) is 8.89. The van der Waals surface area contributed by atoms with Crippen LogP contribution < -0.4 is 10.6 Å². The number of hydrogen-bond acceptors (Lipinski definition) is 3. The Morgan fingerprint density at radius 2 is 1.77 bits per heavy atom. The maximum atomic E-state index is 12.3. The predicted molar refractivity (Wildman–Crippen MR) is 96.6 cm³/mol. The van der Waals surface area contributed by atoms with E-state index >= 15 is 0 Å². The van der Waals surface area contributed by atoms with E-state index in [4.69, 9.17) is 0 Å². The molecule has 1 saturated heterocycles. The highest BCUT2D eigenvalue weighted by Crippen LogP contribution is 2.34. The van der Waals surface area contributed by atoms with Gasteiger partial charge in [-0.3, -0.25) is 19.7 Å². The second-order valence-electron chi connectivity index (χ2n) is 7.02. The van der Waals surface area contributed by atoms with Crippen LogP contribution >= 0.6 is 0 Å². The maximum absolute atomic E-state index is 12.3. The van der Waals surface area contributed by atoms with Gasteiger partial charge in [-0.25, -0.2) is 0 Å². The highest BCUT2D eigenvalue weighted by atomic mass is 16.2. The Morgan fingerprint density at radius 1 is 1.00 bits per heavy atom. The van der Waals surface area contributed by atoms with Gasteiger partial charge in [0.1, 0.15) is 0 Å². The van der Waals surface area contributed by atoms with E-state index in [1.54, 1.807) is 12.1 Å². The smallest absolute Gasteiger partial charge is 0.251 e. The first-order valence-corrected chi connectivity index (χ1v) is 8.89. The molecule has 0 aromatic heterocycles. The number of fused-ring (bicyclic) bond motifs is 1. The van der Waals surface area contributed by atoms with Gasteiger partial charge >= 0.3 is 0 Å². The van der Waals surface area contributed by atoms with Crippen LogP contribution in [0.2, 0.25) is 0 Å². The minimum Gasteiger partial charge on any atom is -0.351 e. The normalized spacial score (nSPS) is 20.9. The van der Waals surface area contributed by atoms with Gasteiger partial charge in [0.25, 0.3) is 5.91 Å². The Labute approximate surface area is 151 Å². The van der Waals surface area contributed by atoms with E-state index in [0.717, 1.165) is 12.0 Å². The lowest BCUT2D eigenvalue weighted by Crippen LogP contribution is -2.33. The molecule has 0 bridgehead atoms. The highest BCUT2D eigenvalue weighted by Gasteiger charge is 2.30. The zero-order valence-electron chi connectivity index (χ0n) is 14.3. The van der Waals surface area contributed by atoms with E-state index < -0.39 is 0 Å². The van der Waals surface area contributed by atoms with E-state index in [1.807, 2.05) is 24.3 Å². The van der Waals surface area contributed by atoms with Gasteiger partial charge in [0.2, 0.25) is 11.8 Å². The zero-order valence-corrected chi connectivity index (χ0v) is 14.3. The quantitative estimate of drug-likeness (QED) is 0.811. The van der Waals surface area contributed by atoms with Crippen molar-refractivity contribution in [1.82, 2.24) is 10.6 Å². The topological polar surface area (TPSA) is 75.3 Å². The molecule has 0 saturated carbocycles. The van der Waals surface area contributed by atoms with Gasteiger partial charge in [0, 0.05) is 24.4 Å². The lowest BCUT2D eigenvalue weighted by atomic mass is 9.77. The van der Waals surface area contributed by atoms with Gasteiger partial charge in [-0.05, 0) is 41.7 Å². The van der Waals surface area contributed by atoms with Crippen molar-refractivity contribution in [3.8, 4) is 0 Å². The van der Waals surface area contributed by atoms with Crippen LogP contribution in [0, 0.1) is 5.92 Å². The first-order chi connectivity index (χ1) is 12.6. The third kappa shape index (κ3) is 3.25. The summed E-state index contributed by atoms with van der Waals surface area (Å²) in [4.78, 5) is 35.2. The second-order valence-corrected chi connectivity index (χ2v) is 7.02. The van der Waals surface area contributed by atoms with Crippen LogP contribution in [-0.4, -0.2) is 24.3 Å². The average molecular weight is 348 g/mol. The standard InChI is InChI=1S/C21H20N2O3/c24-19-11-16(21(26)23-19)9-13-5-7-14(8-6-13)20(25)22-12-17-10-15-3-1-2-4-18(15)17/h1-8,16-17H,9-12H2,(H,22,25)(H,23,24,26)/t16-,17-/m1/s1. The Kier molecular flexibility index (Phi) is 4.29. The average Bonchev–Trinajstić information content (AvgIpc) is 2.93. The molecule has 0 unspecified atom stereocenters. The van der Waals surface area contributed by atoms with Crippen LogP contribution in [0.1, 0.15) is 39.4 Å². The molecule has 5 nitrogen and oxygen atoms in total. The number of nitrogens with one attached hydrogen (secondary N) is 2.